The molecule has 0 unspecified atom stereocenters. The van der Waals surface area contributed by atoms with Crippen LogP contribution in [0.3, 0.4) is 0 Å². The summed E-state index contributed by atoms with van der Waals surface area (Å²) in [4.78, 5) is 23.4. The van der Waals surface area contributed by atoms with Crippen molar-refractivity contribution in [3.63, 3.8) is 0 Å². The van der Waals surface area contributed by atoms with E-state index in [0.29, 0.717) is 0 Å². The molecule has 2 amide bonds. The van der Waals surface area contributed by atoms with E-state index in [0.717, 1.165) is 50.7 Å². The fourth-order valence-electron chi connectivity index (χ4n) is 4.02. The molecule has 0 aromatic carbocycles. The smallest absolute Gasteiger partial charge is 0.317 e. The van der Waals surface area contributed by atoms with Crippen molar-refractivity contribution in [3.8, 4) is 0 Å². The number of carbonyl (C=O) groups is 1. The first-order valence-electron chi connectivity index (χ1n) is 10.2. The second kappa shape index (κ2) is 9.76. The molecule has 144 valence electrons. The van der Waals surface area contributed by atoms with Gasteiger partial charge in [-0.25, -0.2) is 4.79 Å². The number of likely N-dealkylation sites (tertiary alicyclic amines) is 1. The first kappa shape index (κ1) is 19.0. The molecule has 6 nitrogen and oxygen atoms in total. The number of aromatic nitrogens is 1. The summed E-state index contributed by atoms with van der Waals surface area (Å²) >= 11 is 0. The van der Waals surface area contributed by atoms with Crippen LogP contribution in [0.15, 0.2) is 24.5 Å². The Labute approximate surface area is 157 Å². The molecule has 0 radical (unpaired) electrons. The van der Waals surface area contributed by atoms with E-state index < -0.39 is 0 Å². The number of hydrogen-bond donors (Lipinski definition) is 1. The lowest BCUT2D eigenvalue weighted by atomic mass is 9.93. The number of hydrogen-bond acceptors (Lipinski definition) is 4. The summed E-state index contributed by atoms with van der Waals surface area (Å²) < 4.78 is 0. The summed E-state index contributed by atoms with van der Waals surface area (Å²) in [6.07, 6.45) is 8.60. The van der Waals surface area contributed by atoms with Gasteiger partial charge in [0, 0.05) is 38.9 Å². The molecule has 2 aliphatic rings. The average Bonchev–Trinajstić information content (AvgIpc) is 2.70. The summed E-state index contributed by atoms with van der Waals surface area (Å²) in [6, 6.07) is 4.13. The van der Waals surface area contributed by atoms with E-state index in [4.69, 9.17) is 0 Å². The maximum atomic E-state index is 12.4. The molecule has 3 heterocycles. The van der Waals surface area contributed by atoms with Crippen LogP contribution in [0.4, 0.5) is 10.5 Å². The van der Waals surface area contributed by atoms with Crippen molar-refractivity contribution in [3.05, 3.63) is 24.5 Å². The zero-order chi connectivity index (χ0) is 18.2. The third-order valence-corrected chi connectivity index (χ3v) is 5.65. The number of urea groups is 1. The first-order chi connectivity index (χ1) is 12.8. The second-order valence-electron chi connectivity index (χ2n) is 7.49. The number of amides is 2. The molecule has 26 heavy (non-hydrogen) atoms. The minimum atomic E-state index is 0.0965. The summed E-state index contributed by atoms with van der Waals surface area (Å²) in [5.41, 5.74) is 1.14. The highest BCUT2D eigenvalue weighted by Gasteiger charge is 2.22. The number of pyridine rings is 1. The van der Waals surface area contributed by atoms with Crippen molar-refractivity contribution in [2.24, 2.45) is 5.92 Å². The topological polar surface area (TPSA) is 51.7 Å². The van der Waals surface area contributed by atoms with Crippen LogP contribution in [0.25, 0.3) is 0 Å². The van der Waals surface area contributed by atoms with Gasteiger partial charge in [0.25, 0.3) is 0 Å². The van der Waals surface area contributed by atoms with E-state index in [1.807, 2.05) is 17.2 Å². The Bertz CT molecular complexity index is 536. The third-order valence-electron chi connectivity index (χ3n) is 5.65. The van der Waals surface area contributed by atoms with Crippen molar-refractivity contribution >= 4 is 11.7 Å². The molecule has 2 aliphatic heterocycles. The molecule has 0 saturated carbocycles. The fraction of sp³-hybridized carbons (Fsp3) is 0.700. The maximum Gasteiger partial charge on any atom is 0.317 e. The molecule has 6 heteroatoms. The number of piperidine rings is 1. The van der Waals surface area contributed by atoms with Gasteiger partial charge in [0.05, 0.1) is 11.9 Å². The normalized spacial score (nSPS) is 19.6. The van der Waals surface area contributed by atoms with Crippen LogP contribution in [0.5, 0.6) is 0 Å². The van der Waals surface area contributed by atoms with Crippen LogP contribution in [0.1, 0.15) is 32.6 Å². The lowest BCUT2D eigenvalue weighted by Gasteiger charge is -2.36. The minimum Gasteiger partial charge on any atom is -0.367 e. The number of rotatable bonds is 6. The average molecular weight is 360 g/mol. The highest BCUT2D eigenvalue weighted by Crippen LogP contribution is 2.20. The molecular weight excluding hydrogens is 326 g/mol. The molecule has 0 atom stereocenters. The van der Waals surface area contributed by atoms with Gasteiger partial charge in [0.2, 0.25) is 0 Å². The van der Waals surface area contributed by atoms with Crippen LogP contribution >= 0.6 is 0 Å². The second-order valence-corrected chi connectivity index (χ2v) is 7.49. The lowest BCUT2D eigenvalue weighted by Crippen LogP contribution is -2.52. The quantitative estimate of drug-likeness (QED) is 0.848. The van der Waals surface area contributed by atoms with Crippen molar-refractivity contribution in [1.82, 2.24) is 20.1 Å². The molecule has 0 spiro atoms. The van der Waals surface area contributed by atoms with Gasteiger partial charge in [0.1, 0.15) is 0 Å². The molecule has 1 aromatic heterocycles. The van der Waals surface area contributed by atoms with Gasteiger partial charge < -0.3 is 20.0 Å². The Hall–Kier alpha value is -1.82. The molecule has 3 rings (SSSR count). The predicted molar refractivity (Wildman–Crippen MR) is 105 cm³/mol. The predicted octanol–water partition coefficient (Wildman–Crippen LogP) is 2.43. The summed E-state index contributed by atoms with van der Waals surface area (Å²) in [5, 5.41) is 3.13. The third kappa shape index (κ3) is 5.34. The molecule has 0 aliphatic carbocycles. The Balaban J connectivity index is 1.31. The molecule has 0 bridgehead atoms. The van der Waals surface area contributed by atoms with Crippen molar-refractivity contribution < 1.29 is 4.79 Å². The SMILES string of the molecule is CCCN1CCC(CCNC(=O)N2CCN(c3cccnc3)CC2)CC1. The molecule has 1 N–H and O–H groups in total. The van der Waals surface area contributed by atoms with Gasteiger partial charge in [0.15, 0.2) is 0 Å². The van der Waals surface area contributed by atoms with Crippen LogP contribution in [0, 0.1) is 5.92 Å². The van der Waals surface area contributed by atoms with Gasteiger partial charge in [-0.3, -0.25) is 4.98 Å². The zero-order valence-electron chi connectivity index (χ0n) is 16.1. The molecule has 2 fully saturated rings. The fourth-order valence-corrected chi connectivity index (χ4v) is 4.02. The van der Waals surface area contributed by atoms with Gasteiger partial charge >= 0.3 is 6.03 Å². The monoisotopic (exact) mass is 359 g/mol. The summed E-state index contributed by atoms with van der Waals surface area (Å²) in [7, 11) is 0. The maximum absolute atomic E-state index is 12.4. The number of carbonyl (C=O) groups excluding carboxylic acids is 1. The summed E-state index contributed by atoms with van der Waals surface area (Å²) in [5.74, 6) is 0.769. The zero-order valence-corrected chi connectivity index (χ0v) is 16.1. The van der Waals surface area contributed by atoms with E-state index in [1.54, 1.807) is 6.20 Å². The standard InChI is InChI=1S/C20H33N5O/c1-2-10-23-11-6-18(7-12-23)5-9-22-20(26)25-15-13-24(14-16-25)19-4-3-8-21-17-19/h3-4,8,17-18H,2,5-7,9-16H2,1H3,(H,22,26). The van der Waals surface area contributed by atoms with Gasteiger partial charge in [-0.2, -0.15) is 0 Å². The van der Waals surface area contributed by atoms with Crippen LogP contribution < -0.4 is 10.2 Å². The Morgan fingerprint density at radius 1 is 1.19 bits per heavy atom. The largest absolute Gasteiger partial charge is 0.367 e. The highest BCUT2D eigenvalue weighted by molar-refractivity contribution is 5.74. The van der Waals surface area contributed by atoms with Crippen LogP contribution in [-0.2, 0) is 0 Å². The first-order valence-corrected chi connectivity index (χ1v) is 10.2. The van der Waals surface area contributed by atoms with Crippen molar-refractivity contribution in [2.45, 2.75) is 32.6 Å². The molecular formula is C20H33N5O. The Morgan fingerprint density at radius 3 is 2.62 bits per heavy atom. The molecule has 1 aromatic rings. The number of nitrogens with one attached hydrogen (secondary N) is 1. The van der Waals surface area contributed by atoms with Crippen LogP contribution in [-0.4, -0.2) is 73.2 Å². The van der Waals surface area contributed by atoms with Gasteiger partial charge in [-0.15, -0.1) is 0 Å². The van der Waals surface area contributed by atoms with Gasteiger partial charge in [-0.1, -0.05) is 6.92 Å². The highest BCUT2D eigenvalue weighted by atomic mass is 16.2. The van der Waals surface area contributed by atoms with Crippen molar-refractivity contribution in [1.29, 1.82) is 0 Å². The number of anilines is 1. The Kier molecular flexibility index (Phi) is 7.12. The molecule has 2 saturated heterocycles. The lowest BCUT2D eigenvalue weighted by molar-refractivity contribution is 0.175. The minimum absolute atomic E-state index is 0.0965. The van der Waals surface area contributed by atoms with Crippen molar-refractivity contribution in [2.75, 3.05) is 57.3 Å². The van der Waals surface area contributed by atoms with E-state index in [1.165, 1.54) is 38.9 Å². The Morgan fingerprint density at radius 2 is 1.96 bits per heavy atom. The van der Waals surface area contributed by atoms with E-state index in [2.05, 4.69) is 33.1 Å². The number of nitrogens with zero attached hydrogens (tertiary/aromatic N) is 4. The van der Waals surface area contributed by atoms with E-state index in [9.17, 15) is 4.79 Å². The summed E-state index contributed by atoms with van der Waals surface area (Å²) in [6.45, 7) is 10.0. The van der Waals surface area contributed by atoms with Crippen LogP contribution in [0.2, 0.25) is 0 Å². The number of piperazine rings is 1. The van der Waals surface area contributed by atoms with E-state index in [-0.39, 0.29) is 6.03 Å². The van der Waals surface area contributed by atoms with Gasteiger partial charge in [-0.05, 0) is 63.4 Å². The van der Waals surface area contributed by atoms with E-state index >= 15 is 0 Å².